The lowest BCUT2D eigenvalue weighted by Gasteiger charge is -2.06. The van der Waals surface area contributed by atoms with Gasteiger partial charge in [0.2, 0.25) is 10.0 Å². The Morgan fingerprint density at radius 1 is 1.24 bits per heavy atom. The second-order valence-electron chi connectivity index (χ2n) is 3.75. The molecule has 1 aromatic rings. The van der Waals surface area contributed by atoms with Crippen LogP contribution in [0, 0.1) is 0 Å². The van der Waals surface area contributed by atoms with E-state index in [-0.39, 0.29) is 12.2 Å². The number of anilines is 1. The molecule has 0 unspecified atom stereocenters. The van der Waals surface area contributed by atoms with Gasteiger partial charge in [0.05, 0.1) is 12.4 Å². The van der Waals surface area contributed by atoms with Crippen molar-refractivity contribution in [3.8, 4) is 0 Å². The van der Waals surface area contributed by atoms with Gasteiger partial charge < -0.3 is 5.73 Å². The molecule has 0 amide bonds. The van der Waals surface area contributed by atoms with Gasteiger partial charge in [0.15, 0.2) is 0 Å². The van der Waals surface area contributed by atoms with Crippen LogP contribution in [-0.2, 0) is 16.4 Å². The van der Waals surface area contributed by atoms with Gasteiger partial charge in [-0.3, -0.25) is 4.39 Å². The first-order valence-electron chi connectivity index (χ1n) is 5.41. The molecule has 96 valence electrons. The maximum atomic E-state index is 11.8. The Balaban J connectivity index is 2.34. The molecule has 0 aliphatic heterocycles. The second kappa shape index (κ2) is 6.56. The number of sulfonamides is 1. The van der Waals surface area contributed by atoms with E-state index in [2.05, 4.69) is 4.72 Å². The predicted molar refractivity (Wildman–Crippen MR) is 66.9 cm³/mol. The summed E-state index contributed by atoms with van der Waals surface area (Å²) in [5.41, 5.74) is 7.22. The molecule has 3 N–H and O–H groups in total. The Labute approximate surface area is 101 Å². The van der Waals surface area contributed by atoms with Crippen LogP contribution in [-0.4, -0.2) is 27.4 Å². The molecule has 0 aromatic heterocycles. The maximum absolute atomic E-state index is 11.8. The molecule has 0 saturated carbocycles. The van der Waals surface area contributed by atoms with E-state index in [1.807, 2.05) is 12.1 Å². The SMILES string of the molecule is Nc1ccc(CCNS(=O)(=O)CCCF)cc1. The first-order valence-corrected chi connectivity index (χ1v) is 7.06. The van der Waals surface area contributed by atoms with Gasteiger partial charge in [-0.15, -0.1) is 0 Å². The third kappa shape index (κ3) is 5.65. The molecule has 0 spiro atoms. The molecule has 0 radical (unpaired) electrons. The van der Waals surface area contributed by atoms with Gasteiger partial charge >= 0.3 is 0 Å². The number of rotatable bonds is 7. The molecule has 17 heavy (non-hydrogen) atoms. The average molecular weight is 260 g/mol. The normalized spacial score (nSPS) is 11.6. The number of halogens is 1. The Hall–Kier alpha value is -1.14. The number of nitrogens with one attached hydrogen (secondary N) is 1. The summed E-state index contributed by atoms with van der Waals surface area (Å²) in [4.78, 5) is 0. The van der Waals surface area contributed by atoms with Crippen LogP contribution in [0.5, 0.6) is 0 Å². The molecule has 0 bridgehead atoms. The van der Waals surface area contributed by atoms with Crippen LogP contribution in [0.3, 0.4) is 0 Å². The average Bonchev–Trinajstić information content (AvgIpc) is 2.29. The van der Waals surface area contributed by atoms with Gasteiger partial charge in [0, 0.05) is 12.2 Å². The largest absolute Gasteiger partial charge is 0.399 e. The summed E-state index contributed by atoms with van der Waals surface area (Å²) in [5.74, 6) is -0.161. The van der Waals surface area contributed by atoms with E-state index in [1.54, 1.807) is 12.1 Å². The predicted octanol–water partition coefficient (Wildman–Crippen LogP) is 1.09. The number of alkyl halides is 1. The Morgan fingerprint density at radius 2 is 1.88 bits per heavy atom. The van der Waals surface area contributed by atoms with Crippen LogP contribution in [0.25, 0.3) is 0 Å². The number of hydrogen-bond acceptors (Lipinski definition) is 3. The molecule has 4 nitrogen and oxygen atoms in total. The van der Waals surface area contributed by atoms with Crippen LogP contribution in [0.2, 0.25) is 0 Å². The zero-order valence-corrected chi connectivity index (χ0v) is 10.3. The Kier molecular flexibility index (Phi) is 5.37. The lowest BCUT2D eigenvalue weighted by Crippen LogP contribution is -2.28. The van der Waals surface area contributed by atoms with Crippen molar-refractivity contribution in [2.75, 3.05) is 24.7 Å². The van der Waals surface area contributed by atoms with Gasteiger partial charge in [-0.2, -0.15) is 0 Å². The monoisotopic (exact) mass is 260 g/mol. The van der Waals surface area contributed by atoms with Crippen molar-refractivity contribution in [1.29, 1.82) is 0 Å². The highest BCUT2D eigenvalue weighted by molar-refractivity contribution is 7.89. The van der Waals surface area contributed by atoms with Gasteiger partial charge in [-0.1, -0.05) is 12.1 Å². The van der Waals surface area contributed by atoms with Crippen molar-refractivity contribution in [2.24, 2.45) is 0 Å². The first kappa shape index (κ1) is 13.9. The quantitative estimate of drug-likeness (QED) is 0.721. The van der Waals surface area contributed by atoms with Crippen molar-refractivity contribution in [3.63, 3.8) is 0 Å². The summed E-state index contributed by atoms with van der Waals surface area (Å²) >= 11 is 0. The molecule has 0 aliphatic carbocycles. The van der Waals surface area contributed by atoms with Crippen molar-refractivity contribution in [1.82, 2.24) is 4.72 Å². The third-order valence-electron chi connectivity index (χ3n) is 2.26. The second-order valence-corrected chi connectivity index (χ2v) is 5.67. The van der Waals surface area contributed by atoms with E-state index in [1.165, 1.54) is 0 Å². The lowest BCUT2D eigenvalue weighted by molar-refractivity contribution is 0.483. The minimum absolute atomic E-state index is 0.0389. The Morgan fingerprint density at radius 3 is 2.47 bits per heavy atom. The Bertz CT molecular complexity index is 431. The number of nitrogens with two attached hydrogens (primary N) is 1. The summed E-state index contributed by atoms with van der Waals surface area (Å²) in [6, 6.07) is 7.25. The third-order valence-corrected chi connectivity index (χ3v) is 3.73. The van der Waals surface area contributed by atoms with E-state index >= 15 is 0 Å². The number of nitrogen functional groups attached to an aromatic ring is 1. The lowest BCUT2D eigenvalue weighted by atomic mass is 10.1. The smallest absolute Gasteiger partial charge is 0.211 e. The van der Waals surface area contributed by atoms with Crippen molar-refractivity contribution in [3.05, 3.63) is 29.8 Å². The van der Waals surface area contributed by atoms with Crippen LogP contribution < -0.4 is 10.5 Å². The van der Waals surface area contributed by atoms with E-state index in [4.69, 9.17) is 5.73 Å². The maximum Gasteiger partial charge on any atom is 0.211 e. The highest BCUT2D eigenvalue weighted by atomic mass is 32.2. The topological polar surface area (TPSA) is 72.2 Å². The molecular formula is C11H17FN2O2S. The van der Waals surface area contributed by atoms with Gasteiger partial charge in [-0.05, 0) is 30.5 Å². The minimum Gasteiger partial charge on any atom is -0.399 e. The van der Waals surface area contributed by atoms with Crippen molar-refractivity contribution in [2.45, 2.75) is 12.8 Å². The van der Waals surface area contributed by atoms with Crippen LogP contribution in [0.15, 0.2) is 24.3 Å². The standard InChI is InChI=1S/C11H17FN2O2S/c12-7-1-9-17(15,16)14-8-6-10-2-4-11(13)5-3-10/h2-5,14H,1,6-9,13H2. The van der Waals surface area contributed by atoms with Crippen LogP contribution in [0.1, 0.15) is 12.0 Å². The summed E-state index contributed by atoms with van der Waals surface area (Å²) in [7, 11) is -3.34. The molecule has 0 fully saturated rings. The fourth-order valence-corrected chi connectivity index (χ4v) is 2.40. The highest BCUT2D eigenvalue weighted by Gasteiger charge is 2.08. The molecule has 0 atom stereocenters. The highest BCUT2D eigenvalue weighted by Crippen LogP contribution is 2.05. The minimum atomic E-state index is -3.34. The summed E-state index contributed by atoms with van der Waals surface area (Å²) in [6.07, 6.45) is 0.631. The van der Waals surface area contributed by atoms with Crippen molar-refractivity contribution >= 4 is 15.7 Å². The molecular weight excluding hydrogens is 243 g/mol. The molecule has 0 saturated heterocycles. The number of hydrogen-bond donors (Lipinski definition) is 2. The van der Waals surface area contributed by atoms with Crippen LogP contribution in [0.4, 0.5) is 10.1 Å². The van der Waals surface area contributed by atoms with E-state index in [9.17, 15) is 12.8 Å². The van der Waals surface area contributed by atoms with Gasteiger partial charge in [-0.25, -0.2) is 13.1 Å². The van der Waals surface area contributed by atoms with Gasteiger partial charge in [0.25, 0.3) is 0 Å². The summed E-state index contributed by atoms with van der Waals surface area (Å²) in [6.45, 7) is -0.294. The van der Waals surface area contributed by atoms with E-state index in [0.717, 1.165) is 5.56 Å². The zero-order chi connectivity index (χ0) is 12.7. The van der Waals surface area contributed by atoms with E-state index < -0.39 is 16.7 Å². The number of benzene rings is 1. The van der Waals surface area contributed by atoms with Gasteiger partial charge in [0.1, 0.15) is 0 Å². The summed E-state index contributed by atoms with van der Waals surface area (Å²) in [5, 5.41) is 0. The molecule has 1 rings (SSSR count). The molecule has 6 heteroatoms. The zero-order valence-electron chi connectivity index (χ0n) is 9.52. The van der Waals surface area contributed by atoms with Crippen molar-refractivity contribution < 1.29 is 12.8 Å². The molecule has 1 aromatic carbocycles. The van der Waals surface area contributed by atoms with E-state index in [0.29, 0.717) is 18.7 Å². The molecule has 0 heterocycles. The fraction of sp³-hybridized carbons (Fsp3) is 0.455. The van der Waals surface area contributed by atoms with Crippen LogP contribution >= 0.6 is 0 Å². The summed E-state index contributed by atoms with van der Waals surface area (Å²) < 4.78 is 36.9. The fourth-order valence-electron chi connectivity index (χ4n) is 1.35. The first-order chi connectivity index (χ1) is 8.03. The molecule has 0 aliphatic rings.